The molecule has 2 unspecified atom stereocenters. The highest BCUT2D eigenvalue weighted by Crippen LogP contribution is 2.52. The molecule has 1 heterocycles. The molecular weight excluding hydrogens is 222 g/mol. The summed E-state index contributed by atoms with van der Waals surface area (Å²) in [6.45, 7) is 2.27. The molecule has 3 heteroatoms. The Bertz CT molecular complexity index is 404. The van der Waals surface area contributed by atoms with Gasteiger partial charge in [0.15, 0.2) is 0 Å². The maximum Gasteiger partial charge on any atom is 0.0537 e. The summed E-state index contributed by atoms with van der Waals surface area (Å²) in [6, 6.07) is 1.18. The zero-order valence-electron chi connectivity index (χ0n) is 11.7. The van der Waals surface area contributed by atoms with Crippen molar-refractivity contribution in [3.8, 4) is 0 Å². The average Bonchev–Trinajstić information content (AvgIpc) is 2.82. The van der Waals surface area contributed by atoms with Crippen LogP contribution in [-0.4, -0.2) is 15.8 Å². The van der Waals surface area contributed by atoms with Gasteiger partial charge < -0.3 is 5.32 Å². The Morgan fingerprint density at radius 2 is 2.11 bits per heavy atom. The number of aromatic nitrogens is 2. The van der Waals surface area contributed by atoms with E-state index in [9.17, 15) is 0 Å². The van der Waals surface area contributed by atoms with Crippen molar-refractivity contribution in [2.45, 2.75) is 64.0 Å². The molecule has 1 aromatic rings. The molecule has 2 aliphatic carbocycles. The summed E-state index contributed by atoms with van der Waals surface area (Å²) in [5.41, 5.74) is 1.96. The van der Waals surface area contributed by atoms with Crippen molar-refractivity contribution in [1.82, 2.24) is 15.1 Å². The van der Waals surface area contributed by atoms with Crippen LogP contribution < -0.4 is 5.32 Å². The Labute approximate surface area is 110 Å². The number of rotatable bonds is 3. The Hall–Kier alpha value is -0.830. The highest BCUT2D eigenvalue weighted by molar-refractivity contribution is 5.11. The van der Waals surface area contributed by atoms with E-state index in [0.717, 1.165) is 6.04 Å². The maximum atomic E-state index is 4.27. The smallest absolute Gasteiger partial charge is 0.0537 e. The van der Waals surface area contributed by atoms with Crippen molar-refractivity contribution < 1.29 is 0 Å². The van der Waals surface area contributed by atoms with E-state index in [0.29, 0.717) is 11.5 Å². The molecule has 1 N–H and O–H groups in total. The second kappa shape index (κ2) is 4.69. The first-order valence-corrected chi connectivity index (χ1v) is 7.44. The van der Waals surface area contributed by atoms with E-state index in [-0.39, 0.29) is 0 Å². The third-order valence-electron chi connectivity index (χ3n) is 5.20. The molecule has 0 aliphatic heterocycles. The van der Waals surface area contributed by atoms with Gasteiger partial charge in [0.1, 0.15) is 0 Å². The fourth-order valence-electron chi connectivity index (χ4n) is 3.87. The number of aryl methyl sites for hydroxylation is 1. The van der Waals surface area contributed by atoms with E-state index in [1.165, 1.54) is 50.5 Å². The lowest BCUT2D eigenvalue weighted by molar-refractivity contribution is 0.0174. The molecule has 3 nitrogen and oxygen atoms in total. The molecule has 2 aliphatic rings. The van der Waals surface area contributed by atoms with Crippen LogP contribution in [0.5, 0.6) is 0 Å². The summed E-state index contributed by atoms with van der Waals surface area (Å²) >= 11 is 0. The standard InChI is InChI=1S/C15H25N3/c1-12(13-10-16-18(2)11-13)17-14-6-9-15(14)7-4-3-5-8-15/h10-12,14,17H,3-9H2,1-2H3. The van der Waals surface area contributed by atoms with Gasteiger partial charge in [-0.1, -0.05) is 19.3 Å². The van der Waals surface area contributed by atoms with Crippen LogP contribution >= 0.6 is 0 Å². The van der Waals surface area contributed by atoms with Crippen LogP contribution in [0.3, 0.4) is 0 Å². The van der Waals surface area contributed by atoms with Crippen molar-refractivity contribution in [3.05, 3.63) is 18.0 Å². The Kier molecular flexibility index (Phi) is 3.18. The minimum atomic E-state index is 0.433. The van der Waals surface area contributed by atoms with Crippen LogP contribution in [0.2, 0.25) is 0 Å². The molecule has 0 bridgehead atoms. The third kappa shape index (κ3) is 2.09. The molecule has 18 heavy (non-hydrogen) atoms. The largest absolute Gasteiger partial charge is 0.307 e. The van der Waals surface area contributed by atoms with Crippen LogP contribution in [0.25, 0.3) is 0 Å². The van der Waals surface area contributed by atoms with Gasteiger partial charge in [-0.2, -0.15) is 5.10 Å². The molecule has 3 rings (SSSR count). The normalized spacial score (nSPS) is 28.0. The van der Waals surface area contributed by atoms with Gasteiger partial charge in [0, 0.05) is 30.9 Å². The quantitative estimate of drug-likeness (QED) is 0.889. The minimum absolute atomic E-state index is 0.433. The fraction of sp³-hybridized carbons (Fsp3) is 0.800. The first-order chi connectivity index (χ1) is 8.70. The van der Waals surface area contributed by atoms with E-state index in [4.69, 9.17) is 0 Å². The second-order valence-corrected chi connectivity index (χ2v) is 6.35. The molecule has 2 saturated carbocycles. The van der Waals surface area contributed by atoms with E-state index in [2.05, 4.69) is 23.5 Å². The zero-order chi connectivity index (χ0) is 12.6. The number of hydrogen-bond donors (Lipinski definition) is 1. The Morgan fingerprint density at radius 3 is 2.67 bits per heavy atom. The van der Waals surface area contributed by atoms with Gasteiger partial charge in [0.05, 0.1) is 6.20 Å². The maximum absolute atomic E-state index is 4.27. The third-order valence-corrected chi connectivity index (χ3v) is 5.20. The second-order valence-electron chi connectivity index (χ2n) is 6.35. The van der Waals surface area contributed by atoms with E-state index < -0.39 is 0 Å². The predicted octanol–water partition coefficient (Wildman–Crippen LogP) is 3.18. The molecule has 1 spiro atoms. The number of nitrogens with zero attached hydrogens (tertiary/aromatic N) is 2. The van der Waals surface area contributed by atoms with E-state index >= 15 is 0 Å². The van der Waals surface area contributed by atoms with Gasteiger partial charge in [-0.05, 0) is 38.0 Å². The van der Waals surface area contributed by atoms with Crippen molar-refractivity contribution in [1.29, 1.82) is 0 Å². The van der Waals surface area contributed by atoms with E-state index in [1.807, 2.05) is 17.9 Å². The van der Waals surface area contributed by atoms with E-state index in [1.54, 1.807) is 0 Å². The fourth-order valence-corrected chi connectivity index (χ4v) is 3.87. The lowest BCUT2D eigenvalue weighted by Crippen LogP contribution is -2.54. The van der Waals surface area contributed by atoms with Gasteiger partial charge in [-0.3, -0.25) is 4.68 Å². The van der Waals surface area contributed by atoms with Crippen LogP contribution in [0.15, 0.2) is 12.4 Å². The predicted molar refractivity (Wildman–Crippen MR) is 73.3 cm³/mol. The monoisotopic (exact) mass is 247 g/mol. The average molecular weight is 247 g/mol. The molecule has 2 atom stereocenters. The van der Waals surface area contributed by atoms with Gasteiger partial charge in [-0.25, -0.2) is 0 Å². The van der Waals surface area contributed by atoms with Crippen molar-refractivity contribution in [2.75, 3.05) is 0 Å². The molecule has 0 saturated heterocycles. The SMILES string of the molecule is CC(NC1CCC12CCCCC2)c1cnn(C)c1. The molecule has 0 amide bonds. The van der Waals surface area contributed by atoms with Crippen LogP contribution in [0.1, 0.15) is 63.5 Å². The van der Waals surface area contributed by atoms with Gasteiger partial charge in [0.2, 0.25) is 0 Å². The van der Waals surface area contributed by atoms with Crippen molar-refractivity contribution in [3.63, 3.8) is 0 Å². The zero-order valence-corrected chi connectivity index (χ0v) is 11.7. The van der Waals surface area contributed by atoms with Crippen LogP contribution in [-0.2, 0) is 7.05 Å². The summed E-state index contributed by atoms with van der Waals surface area (Å²) in [4.78, 5) is 0. The van der Waals surface area contributed by atoms with Crippen LogP contribution in [0, 0.1) is 5.41 Å². The molecule has 0 aromatic carbocycles. The molecule has 2 fully saturated rings. The number of nitrogens with one attached hydrogen (secondary N) is 1. The highest BCUT2D eigenvalue weighted by atomic mass is 15.2. The number of hydrogen-bond acceptors (Lipinski definition) is 2. The molecular formula is C15H25N3. The van der Waals surface area contributed by atoms with Gasteiger partial charge in [0.25, 0.3) is 0 Å². The Morgan fingerprint density at radius 1 is 1.33 bits per heavy atom. The summed E-state index contributed by atoms with van der Waals surface area (Å²) in [7, 11) is 1.99. The lowest BCUT2D eigenvalue weighted by atomic mass is 9.57. The summed E-state index contributed by atoms with van der Waals surface area (Å²) < 4.78 is 1.89. The first-order valence-electron chi connectivity index (χ1n) is 7.44. The topological polar surface area (TPSA) is 29.9 Å². The summed E-state index contributed by atoms with van der Waals surface area (Å²) in [5.74, 6) is 0. The minimum Gasteiger partial charge on any atom is -0.307 e. The lowest BCUT2D eigenvalue weighted by Gasteiger charge is -2.53. The first kappa shape index (κ1) is 12.2. The van der Waals surface area contributed by atoms with Crippen LogP contribution in [0.4, 0.5) is 0 Å². The van der Waals surface area contributed by atoms with Crippen molar-refractivity contribution in [2.24, 2.45) is 12.5 Å². The van der Waals surface area contributed by atoms with Gasteiger partial charge >= 0.3 is 0 Å². The summed E-state index contributed by atoms with van der Waals surface area (Å²) in [6.07, 6.45) is 14.2. The van der Waals surface area contributed by atoms with Gasteiger partial charge in [-0.15, -0.1) is 0 Å². The van der Waals surface area contributed by atoms with Crippen molar-refractivity contribution >= 4 is 0 Å². The molecule has 0 radical (unpaired) electrons. The molecule has 1 aromatic heterocycles. The summed E-state index contributed by atoms with van der Waals surface area (Å²) in [5, 5.41) is 8.12. The molecule has 100 valence electrons. The Balaban J connectivity index is 1.62. The highest BCUT2D eigenvalue weighted by Gasteiger charge is 2.46.